The van der Waals surface area contributed by atoms with E-state index in [0.29, 0.717) is 27.6 Å². The molecule has 0 spiro atoms. The summed E-state index contributed by atoms with van der Waals surface area (Å²) >= 11 is 12.4. The van der Waals surface area contributed by atoms with Crippen LogP contribution in [0, 0.1) is 5.82 Å². The first kappa shape index (κ1) is 29.9. The zero-order chi connectivity index (χ0) is 29.2. The highest BCUT2D eigenvalue weighted by Crippen LogP contribution is 2.33. The smallest absolute Gasteiger partial charge is 0.272 e. The molecule has 0 bridgehead atoms. The molecule has 2 aromatic carbocycles. The molecule has 1 N–H and O–H groups in total. The number of hydrogen-bond acceptors (Lipinski definition) is 6. The summed E-state index contributed by atoms with van der Waals surface area (Å²) in [6.07, 6.45) is 2.81. The van der Waals surface area contributed by atoms with Crippen molar-refractivity contribution in [3.05, 3.63) is 76.4 Å². The third-order valence-corrected chi connectivity index (χ3v) is 10.3. The zero-order valence-electron chi connectivity index (χ0n) is 22.3. The molecular formula is C26H28Cl2FN5O4SSi. The number of ether oxygens (including phenoxy) is 1. The molecule has 0 atom stereocenters. The van der Waals surface area contributed by atoms with Crippen molar-refractivity contribution < 1.29 is 22.3 Å². The molecule has 212 valence electrons. The predicted molar refractivity (Wildman–Crippen MR) is 158 cm³/mol. The van der Waals surface area contributed by atoms with E-state index in [1.54, 1.807) is 35.9 Å². The van der Waals surface area contributed by atoms with Crippen molar-refractivity contribution in [2.24, 2.45) is 7.05 Å². The van der Waals surface area contributed by atoms with Crippen LogP contribution < -0.4 is 9.62 Å². The van der Waals surface area contributed by atoms with Gasteiger partial charge in [0.05, 0.1) is 20.6 Å². The van der Waals surface area contributed by atoms with Crippen LogP contribution in [0.25, 0.3) is 10.9 Å². The zero-order valence-corrected chi connectivity index (χ0v) is 25.6. The molecule has 0 saturated carbocycles. The van der Waals surface area contributed by atoms with Gasteiger partial charge in [-0.25, -0.2) is 27.1 Å². The molecule has 0 aliphatic rings. The van der Waals surface area contributed by atoms with Gasteiger partial charge in [0.2, 0.25) is 5.95 Å². The number of rotatable bonds is 10. The maximum Gasteiger partial charge on any atom is 0.272 e. The van der Waals surface area contributed by atoms with Crippen LogP contribution in [0.5, 0.6) is 0 Å². The summed E-state index contributed by atoms with van der Waals surface area (Å²) in [6.45, 7) is 6.56. The standard InChI is InChI=1S/C26H28Cl2FN5O4SSi/c1-33-22-9-7-19(27)24(28)18(22)15-23(33)25(35)32-21-8-6-17(14-20(21)29)39(36,37)34(26-30-10-5-11-31-26)16-38-12-13-40(2,3)4/h5-11,14-15H,12-13,16H2,1-4H3,(H,32,35). The molecule has 14 heteroatoms. The lowest BCUT2D eigenvalue weighted by Crippen LogP contribution is -2.35. The number of anilines is 2. The van der Waals surface area contributed by atoms with E-state index in [9.17, 15) is 13.2 Å². The second-order valence-corrected chi connectivity index (χ2v) is 18.5. The third kappa shape index (κ3) is 6.47. The van der Waals surface area contributed by atoms with Gasteiger partial charge < -0.3 is 14.6 Å². The summed E-state index contributed by atoms with van der Waals surface area (Å²) in [7, 11) is -4.06. The number of halogens is 3. The maximum atomic E-state index is 15.2. The maximum absolute atomic E-state index is 15.2. The number of aryl methyl sites for hydroxylation is 1. The van der Waals surface area contributed by atoms with E-state index in [1.165, 1.54) is 24.5 Å². The van der Waals surface area contributed by atoms with Gasteiger partial charge in [-0.1, -0.05) is 42.8 Å². The number of carbonyl (C=O) groups is 1. The van der Waals surface area contributed by atoms with Crippen LogP contribution in [0.1, 0.15) is 10.5 Å². The lowest BCUT2D eigenvalue weighted by atomic mass is 10.2. The Morgan fingerprint density at radius 3 is 2.48 bits per heavy atom. The van der Waals surface area contributed by atoms with Crippen LogP contribution in [0.4, 0.5) is 16.0 Å². The normalized spacial score (nSPS) is 12.1. The number of benzene rings is 2. The van der Waals surface area contributed by atoms with E-state index in [0.717, 1.165) is 16.4 Å². The Morgan fingerprint density at radius 1 is 1.12 bits per heavy atom. The van der Waals surface area contributed by atoms with E-state index < -0.39 is 29.8 Å². The van der Waals surface area contributed by atoms with E-state index in [-0.39, 0.29) is 29.0 Å². The average Bonchev–Trinajstić information content (AvgIpc) is 3.24. The van der Waals surface area contributed by atoms with Crippen LogP contribution in [-0.2, 0) is 21.8 Å². The Labute approximate surface area is 243 Å². The fourth-order valence-corrected chi connectivity index (χ4v) is 6.22. The fraction of sp³-hybridized carbons (Fsp3) is 0.269. The highest BCUT2D eigenvalue weighted by Gasteiger charge is 2.29. The number of nitrogens with zero attached hydrogens (tertiary/aromatic N) is 4. The van der Waals surface area contributed by atoms with Gasteiger partial charge in [0.15, 0.2) is 0 Å². The molecule has 9 nitrogen and oxygen atoms in total. The molecule has 1 amide bonds. The van der Waals surface area contributed by atoms with Crippen molar-refractivity contribution in [2.75, 3.05) is 23.0 Å². The second-order valence-electron chi connectivity index (χ2n) is 10.2. The van der Waals surface area contributed by atoms with Gasteiger partial charge >= 0.3 is 0 Å². The first-order valence-electron chi connectivity index (χ1n) is 12.2. The molecule has 0 aliphatic carbocycles. The highest BCUT2D eigenvalue weighted by molar-refractivity contribution is 7.92. The van der Waals surface area contributed by atoms with Crippen molar-refractivity contribution >= 4 is 69.7 Å². The lowest BCUT2D eigenvalue weighted by molar-refractivity contribution is 0.101. The summed E-state index contributed by atoms with van der Waals surface area (Å²) in [4.78, 5) is 20.7. The molecule has 0 fully saturated rings. The van der Waals surface area contributed by atoms with Crippen molar-refractivity contribution in [1.29, 1.82) is 0 Å². The van der Waals surface area contributed by atoms with Gasteiger partial charge in [0, 0.05) is 45.0 Å². The van der Waals surface area contributed by atoms with Gasteiger partial charge in [-0.3, -0.25) is 4.79 Å². The number of aromatic nitrogens is 3. The summed E-state index contributed by atoms with van der Waals surface area (Å²) in [5.74, 6) is -1.67. The van der Waals surface area contributed by atoms with Gasteiger partial charge in [0.25, 0.3) is 15.9 Å². The van der Waals surface area contributed by atoms with Crippen LogP contribution in [0.2, 0.25) is 35.7 Å². The van der Waals surface area contributed by atoms with E-state index >= 15 is 4.39 Å². The van der Waals surface area contributed by atoms with E-state index in [2.05, 4.69) is 34.9 Å². The molecular weight excluding hydrogens is 596 g/mol. The van der Waals surface area contributed by atoms with Crippen molar-refractivity contribution in [1.82, 2.24) is 14.5 Å². The molecule has 40 heavy (non-hydrogen) atoms. The van der Waals surface area contributed by atoms with Gasteiger partial charge in [0.1, 0.15) is 18.2 Å². The number of nitrogens with one attached hydrogen (secondary N) is 1. The second kappa shape index (κ2) is 11.8. The van der Waals surface area contributed by atoms with Gasteiger partial charge in [-0.05, 0) is 48.5 Å². The molecule has 4 rings (SSSR count). The number of fused-ring (bicyclic) bond motifs is 1. The van der Waals surface area contributed by atoms with Crippen LogP contribution >= 0.6 is 23.2 Å². The molecule has 4 aromatic rings. The fourth-order valence-electron chi connectivity index (χ4n) is 3.82. The van der Waals surface area contributed by atoms with Crippen molar-refractivity contribution in [2.45, 2.75) is 30.6 Å². The first-order chi connectivity index (χ1) is 18.8. The number of amides is 1. The van der Waals surface area contributed by atoms with Crippen LogP contribution in [-0.4, -0.2) is 50.3 Å². The number of sulfonamides is 1. The molecule has 2 aromatic heterocycles. The SMILES string of the molecule is Cn1c(C(=O)Nc2ccc(S(=O)(=O)N(COCC[Si](C)(C)C)c3ncccn3)cc2F)cc2c(Cl)c(Cl)ccc21. The van der Waals surface area contributed by atoms with E-state index in [1.807, 2.05) is 0 Å². The lowest BCUT2D eigenvalue weighted by Gasteiger charge is -2.23. The van der Waals surface area contributed by atoms with Gasteiger partial charge in [-0.2, -0.15) is 0 Å². The predicted octanol–water partition coefficient (Wildman–Crippen LogP) is 6.17. The topological polar surface area (TPSA) is 106 Å². The first-order valence-corrected chi connectivity index (χ1v) is 18.1. The average molecular weight is 625 g/mol. The summed E-state index contributed by atoms with van der Waals surface area (Å²) in [5.41, 5.74) is 0.669. The minimum Gasteiger partial charge on any atom is -0.360 e. The minimum absolute atomic E-state index is 0.108. The highest BCUT2D eigenvalue weighted by atomic mass is 35.5. The Bertz CT molecular complexity index is 1660. The summed E-state index contributed by atoms with van der Waals surface area (Å²) < 4.78 is 50.4. The Hall–Kier alpha value is -3.03. The third-order valence-electron chi connectivity index (χ3n) is 6.10. The summed E-state index contributed by atoms with van der Waals surface area (Å²) in [5, 5.41) is 3.70. The Balaban J connectivity index is 1.58. The van der Waals surface area contributed by atoms with E-state index in [4.69, 9.17) is 27.9 Å². The van der Waals surface area contributed by atoms with Crippen molar-refractivity contribution in [3.8, 4) is 0 Å². The minimum atomic E-state index is -4.31. The molecule has 0 aliphatic heterocycles. The molecule has 0 unspecified atom stereocenters. The molecule has 0 saturated heterocycles. The Kier molecular flexibility index (Phi) is 8.85. The number of carbonyl (C=O) groups excluding carboxylic acids is 1. The number of hydrogen-bond donors (Lipinski definition) is 1. The van der Waals surface area contributed by atoms with Crippen LogP contribution in [0.3, 0.4) is 0 Å². The van der Waals surface area contributed by atoms with Crippen molar-refractivity contribution in [3.63, 3.8) is 0 Å². The largest absolute Gasteiger partial charge is 0.360 e. The summed E-state index contributed by atoms with van der Waals surface area (Å²) in [6, 6.07) is 10.5. The molecule has 2 heterocycles. The van der Waals surface area contributed by atoms with Gasteiger partial charge in [-0.15, -0.1) is 0 Å². The Morgan fingerprint density at radius 2 is 1.82 bits per heavy atom. The monoisotopic (exact) mass is 623 g/mol. The van der Waals surface area contributed by atoms with Crippen LogP contribution in [0.15, 0.2) is 59.8 Å². The quantitative estimate of drug-likeness (QED) is 0.128. The molecule has 0 radical (unpaired) electrons.